The molecule has 8 heteroatoms. The van der Waals surface area contributed by atoms with E-state index >= 15 is 0 Å². The van der Waals surface area contributed by atoms with Crippen LogP contribution in [0.15, 0.2) is 52.6 Å². The van der Waals surface area contributed by atoms with Gasteiger partial charge in [0.25, 0.3) is 5.91 Å². The number of aromatic hydroxyl groups is 1. The maximum Gasteiger partial charge on any atom is 0.339 e. The summed E-state index contributed by atoms with van der Waals surface area (Å²) in [5, 5.41) is 21.5. The van der Waals surface area contributed by atoms with Gasteiger partial charge < -0.3 is 15.5 Å². The largest absolute Gasteiger partial charge is 0.507 e. The summed E-state index contributed by atoms with van der Waals surface area (Å²) in [7, 11) is 0. The average Bonchev–Trinajstić information content (AvgIpc) is 2.87. The Labute approximate surface area is 140 Å². The van der Waals surface area contributed by atoms with Crippen molar-refractivity contribution in [1.29, 1.82) is 0 Å². The number of carboxylic acid groups (broad SMARTS) is 1. The molecule has 3 rings (SSSR count). The first-order chi connectivity index (χ1) is 11.5. The van der Waals surface area contributed by atoms with Gasteiger partial charge in [0, 0.05) is 18.5 Å². The molecule has 1 aromatic carbocycles. The molecule has 1 aliphatic heterocycles. The number of amidine groups is 1. The van der Waals surface area contributed by atoms with Crippen molar-refractivity contribution in [3.8, 4) is 5.75 Å². The second-order valence-electron chi connectivity index (χ2n) is 4.77. The van der Waals surface area contributed by atoms with Gasteiger partial charge in [0.15, 0.2) is 5.17 Å². The van der Waals surface area contributed by atoms with Crippen molar-refractivity contribution in [1.82, 2.24) is 10.3 Å². The van der Waals surface area contributed by atoms with Gasteiger partial charge in [0.2, 0.25) is 0 Å². The normalized spacial score (nSPS) is 17.2. The molecule has 0 atom stereocenters. The minimum atomic E-state index is -1.22. The van der Waals surface area contributed by atoms with E-state index in [1.165, 1.54) is 18.2 Å². The number of amides is 1. The summed E-state index contributed by atoms with van der Waals surface area (Å²) >= 11 is 1.16. The Morgan fingerprint density at radius 3 is 2.67 bits per heavy atom. The highest BCUT2D eigenvalue weighted by atomic mass is 32.2. The van der Waals surface area contributed by atoms with Crippen LogP contribution in [-0.4, -0.2) is 32.2 Å². The molecule has 120 valence electrons. The molecule has 0 aliphatic carbocycles. The van der Waals surface area contributed by atoms with E-state index in [1.807, 2.05) is 0 Å². The summed E-state index contributed by atoms with van der Waals surface area (Å²) < 4.78 is 0. The number of thioether (sulfide) groups is 1. The van der Waals surface area contributed by atoms with Crippen LogP contribution >= 0.6 is 11.8 Å². The Balaban J connectivity index is 1.83. The smallest absolute Gasteiger partial charge is 0.339 e. The Morgan fingerprint density at radius 1 is 1.25 bits per heavy atom. The molecule has 0 radical (unpaired) electrons. The number of rotatable bonds is 3. The summed E-state index contributed by atoms with van der Waals surface area (Å²) in [6.45, 7) is 0. The number of nitrogens with one attached hydrogen (secondary N) is 1. The van der Waals surface area contributed by atoms with Crippen LogP contribution in [0.4, 0.5) is 5.69 Å². The highest BCUT2D eigenvalue weighted by Gasteiger charge is 2.24. The molecule has 3 N–H and O–H groups in total. The van der Waals surface area contributed by atoms with Gasteiger partial charge in [0.1, 0.15) is 11.3 Å². The van der Waals surface area contributed by atoms with Crippen LogP contribution in [-0.2, 0) is 4.79 Å². The molecule has 0 spiro atoms. The molecular formula is C16H11N3O4S. The standard InChI is InChI=1S/C16H11N3O4S/c20-12-8-10(1-2-11(12)15(22)23)18-16-19-14(21)13(24-16)7-9-3-5-17-6-4-9/h1-8,20H,(H,22,23)(H,18,19,21)/b13-7-. The molecule has 7 nitrogen and oxygen atoms in total. The number of hydrogen-bond donors (Lipinski definition) is 3. The van der Waals surface area contributed by atoms with Crippen LogP contribution in [0, 0.1) is 0 Å². The first-order valence-corrected chi connectivity index (χ1v) is 7.60. The molecule has 1 aliphatic rings. The number of aliphatic imine (C=N–C) groups is 1. The van der Waals surface area contributed by atoms with Crippen LogP contribution in [0.2, 0.25) is 0 Å². The van der Waals surface area contributed by atoms with E-state index in [4.69, 9.17) is 5.11 Å². The predicted molar refractivity (Wildman–Crippen MR) is 90.1 cm³/mol. The van der Waals surface area contributed by atoms with E-state index in [0.717, 1.165) is 17.3 Å². The Kier molecular flexibility index (Phi) is 4.30. The van der Waals surface area contributed by atoms with Gasteiger partial charge in [-0.3, -0.25) is 9.78 Å². The third kappa shape index (κ3) is 3.44. The van der Waals surface area contributed by atoms with Crippen LogP contribution in [0.5, 0.6) is 5.75 Å². The van der Waals surface area contributed by atoms with Crippen molar-refractivity contribution >= 4 is 40.6 Å². The number of hydrogen-bond acceptors (Lipinski definition) is 6. The number of nitrogens with zero attached hydrogens (tertiary/aromatic N) is 2. The van der Waals surface area contributed by atoms with Crippen molar-refractivity contribution in [2.45, 2.75) is 0 Å². The molecule has 1 amide bonds. The third-order valence-corrected chi connectivity index (χ3v) is 4.01. The van der Waals surface area contributed by atoms with Crippen LogP contribution < -0.4 is 5.32 Å². The molecule has 2 aromatic rings. The second-order valence-corrected chi connectivity index (χ2v) is 5.80. The van der Waals surface area contributed by atoms with Gasteiger partial charge in [-0.1, -0.05) is 0 Å². The zero-order chi connectivity index (χ0) is 17.1. The predicted octanol–water partition coefficient (Wildman–Crippen LogP) is 2.38. The van der Waals surface area contributed by atoms with Gasteiger partial charge in [-0.2, -0.15) is 0 Å². The zero-order valence-electron chi connectivity index (χ0n) is 12.1. The lowest BCUT2D eigenvalue weighted by atomic mass is 10.2. The number of benzene rings is 1. The summed E-state index contributed by atoms with van der Waals surface area (Å²) in [6, 6.07) is 7.49. The molecule has 0 saturated carbocycles. The topological polar surface area (TPSA) is 112 Å². The fourth-order valence-electron chi connectivity index (χ4n) is 1.98. The highest BCUT2D eigenvalue weighted by Crippen LogP contribution is 2.29. The maximum atomic E-state index is 12.0. The Morgan fingerprint density at radius 2 is 2.00 bits per heavy atom. The third-order valence-electron chi connectivity index (χ3n) is 3.10. The number of aromatic nitrogens is 1. The lowest BCUT2D eigenvalue weighted by Crippen LogP contribution is -2.19. The first kappa shape index (κ1) is 15.8. The van der Waals surface area contributed by atoms with E-state index in [2.05, 4.69) is 15.3 Å². The number of carbonyl (C=O) groups is 2. The first-order valence-electron chi connectivity index (χ1n) is 6.79. The minimum absolute atomic E-state index is 0.208. The second kappa shape index (κ2) is 6.55. The van der Waals surface area contributed by atoms with Gasteiger partial charge in [-0.25, -0.2) is 9.79 Å². The Bertz CT molecular complexity index is 878. The maximum absolute atomic E-state index is 12.0. The summed E-state index contributed by atoms with van der Waals surface area (Å²) in [6.07, 6.45) is 4.98. The van der Waals surface area contributed by atoms with E-state index in [0.29, 0.717) is 15.8 Å². The van der Waals surface area contributed by atoms with Crippen LogP contribution in [0.1, 0.15) is 15.9 Å². The molecule has 0 bridgehead atoms. The van der Waals surface area contributed by atoms with Gasteiger partial charge >= 0.3 is 5.97 Å². The van der Waals surface area contributed by atoms with E-state index in [-0.39, 0.29) is 17.2 Å². The number of phenols is 1. The molecule has 1 fully saturated rings. The van der Waals surface area contributed by atoms with Gasteiger partial charge in [-0.05, 0) is 47.7 Å². The molecule has 1 aromatic heterocycles. The van der Waals surface area contributed by atoms with E-state index < -0.39 is 5.97 Å². The monoisotopic (exact) mass is 341 g/mol. The summed E-state index contributed by atoms with van der Waals surface area (Å²) in [5.74, 6) is -1.88. The van der Waals surface area contributed by atoms with Crippen molar-refractivity contribution < 1.29 is 19.8 Å². The number of aromatic carboxylic acids is 1. The molecule has 2 heterocycles. The summed E-state index contributed by atoms with van der Waals surface area (Å²) in [5.41, 5.74) is 0.971. The quantitative estimate of drug-likeness (QED) is 0.739. The number of carboxylic acids is 1. The van der Waals surface area contributed by atoms with Gasteiger partial charge in [-0.15, -0.1) is 0 Å². The van der Waals surface area contributed by atoms with Crippen LogP contribution in [0.25, 0.3) is 6.08 Å². The molecule has 0 unspecified atom stereocenters. The van der Waals surface area contributed by atoms with E-state index in [9.17, 15) is 14.7 Å². The van der Waals surface area contributed by atoms with Crippen molar-refractivity contribution in [2.24, 2.45) is 4.99 Å². The number of pyridine rings is 1. The fraction of sp³-hybridized carbons (Fsp3) is 0. The molecular weight excluding hydrogens is 330 g/mol. The fourth-order valence-corrected chi connectivity index (χ4v) is 2.82. The molecule has 24 heavy (non-hydrogen) atoms. The van der Waals surface area contributed by atoms with E-state index in [1.54, 1.807) is 30.6 Å². The van der Waals surface area contributed by atoms with Gasteiger partial charge in [0.05, 0.1) is 10.6 Å². The lowest BCUT2D eigenvalue weighted by molar-refractivity contribution is -0.115. The Hall–Kier alpha value is -3.13. The highest BCUT2D eigenvalue weighted by molar-refractivity contribution is 8.18. The SMILES string of the molecule is O=C1NC(=Nc2ccc(C(=O)O)c(O)c2)S/C1=C\c1ccncc1. The minimum Gasteiger partial charge on any atom is -0.507 e. The summed E-state index contributed by atoms with van der Waals surface area (Å²) in [4.78, 5) is 31.4. The lowest BCUT2D eigenvalue weighted by Gasteiger charge is -2.01. The number of carbonyl (C=O) groups excluding carboxylic acids is 1. The average molecular weight is 341 g/mol. The molecule has 1 saturated heterocycles. The van der Waals surface area contributed by atoms with Crippen molar-refractivity contribution in [3.63, 3.8) is 0 Å². The zero-order valence-corrected chi connectivity index (χ0v) is 12.9. The van der Waals surface area contributed by atoms with Crippen molar-refractivity contribution in [3.05, 3.63) is 58.8 Å². The van der Waals surface area contributed by atoms with Crippen LogP contribution in [0.3, 0.4) is 0 Å². The van der Waals surface area contributed by atoms with Crippen molar-refractivity contribution in [2.75, 3.05) is 0 Å².